The highest BCUT2D eigenvalue weighted by Gasteiger charge is 1.91. The Morgan fingerprint density at radius 2 is 1.60 bits per heavy atom. The predicted molar refractivity (Wildman–Crippen MR) is 53.6 cm³/mol. The van der Waals surface area contributed by atoms with Gasteiger partial charge in [0.1, 0.15) is 0 Å². The quantitative estimate of drug-likeness (QED) is 0.567. The average Bonchev–Trinajstić information content (AvgIpc) is 1.85. The molecule has 0 aliphatic heterocycles. The molecule has 0 amide bonds. The molecule has 1 rings (SSSR count). The van der Waals surface area contributed by atoms with Gasteiger partial charge in [-0.05, 0) is 19.2 Å². The highest BCUT2D eigenvalue weighted by atomic mass is 32.0. The van der Waals surface area contributed by atoms with E-state index in [2.05, 4.69) is 41.0 Å². The first-order valence-corrected chi connectivity index (χ1v) is 6.08. The summed E-state index contributed by atoms with van der Waals surface area (Å²) in [6, 6.07) is 6.67. The standard InChI is InChI=1S/C8H12P2/c1-6-3-7(2)5-8(4-6)10-9/h3-5,10H,9H2,1-2H3. The van der Waals surface area contributed by atoms with Gasteiger partial charge in [-0.3, -0.25) is 0 Å². The minimum absolute atomic E-state index is 0.839. The largest absolute Gasteiger partial charge is 0.110 e. The highest BCUT2D eigenvalue weighted by Crippen LogP contribution is 2.20. The van der Waals surface area contributed by atoms with Crippen LogP contribution >= 0.6 is 17.2 Å². The lowest BCUT2D eigenvalue weighted by atomic mass is 10.2. The molecule has 0 bridgehead atoms. The van der Waals surface area contributed by atoms with Crippen molar-refractivity contribution < 1.29 is 0 Å². The fraction of sp³-hybridized carbons (Fsp3) is 0.250. The summed E-state index contributed by atoms with van der Waals surface area (Å²) in [7, 11) is 3.61. The molecule has 54 valence electrons. The van der Waals surface area contributed by atoms with E-state index < -0.39 is 0 Å². The molecule has 0 aliphatic carbocycles. The van der Waals surface area contributed by atoms with E-state index >= 15 is 0 Å². The Labute approximate surface area is 66.3 Å². The number of benzene rings is 1. The third-order valence-electron chi connectivity index (χ3n) is 1.39. The molecule has 0 radical (unpaired) electrons. The van der Waals surface area contributed by atoms with Crippen LogP contribution in [0, 0.1) is 13.8 Å². The molecule has 0 fully saturated rings. The molecule has 2 heteroatoms. The summed E-state index contributed by atoms with van der Waals surface area (Å²) in [4.78, 5) is 0. The lowest BCUT2D eigenvalue weighted by Crippen LogP contribution is -1.93. The Morgan fingerprint density at radius 3 is 2.00 bits per heavy atom. The smallest absolute Gasteiger partial charge is 0.0227 e. The summed E-state index contributed by atoms with van der Waals surface area (Å²) < 4.78 is 0. The molecule has 2 atom stereocenters. The maximum Gasteiger partial charge on any atom is -0.0227 e. The van der Waals surface area contributed by atoms with Crippen LogP contribution in [0.15, 0.2) is 18.2 Å². The Balaban J connectivity index is 3.06. The van der Waals surface area contributed by atoms with Gasteiger partial charge in [0, 0.05) is 0 Å². The van der Waals surface area contributed by atoms with Crippen LogP contribution in [0.3, 0.4) is 0 Å². The Bertz CT molecular complexity index is 210. The molecule has 0 heterocycles. The first kappa shape index (κ1) is 8.18. The summed E-state index contributed by atoms with van der Waals surface area (Å²) in [6.45, 7) is 4.28. The van der Waals surface area contributed by atoms with Gasteiger partial charge in [0.2, 0.25) is 0 Å². The van der Waals surface area contributed by atoms with Crippen molar-refractivity contribution >= 4 is 22.5 Å². The van der Waals surface area contributed by atoms with Crippen LogP contribution in [0.2, 0.25) is 0 Å². The van der Waals surface area contributed by atoms with E-state index in [1.807, 2.05) is 0 Å². The zero-order valence-electron chi connectivity index (χ0n) is 6.31. The predicted octanol–water partition coefficient (Wildman–Crippen LogP) is 2.40. The summed E-state index contributed by atoms with van der Waals surface area (Å²) in [6.07, 6.45) is 0. The second-order valence-electron chi connectivity index (χ2n) is 2.52. The summed E-state index contributed by atoms with van der Waals surface area (Å²) in [5.74, 6) is 0. The Hall–Kier alpha value is 0.0800. The SMILES string of the molecule is Cc1cc(C)cc(PP)c1. The number of hydrogen-bond donors (Lipinski definition) is 0. The van der Waals surface area contributed by atoms with Crippen LogP contribution in [-0.4, -0.2) is 0 Å². The van der Waals surface area contributed by atoms with E-state index in [0.29, 0.717) is 0 Å². The van der Waals surface area contributed by atoms with Gasteiger partial charge in [-0.25, -0.2) is 0 Å². The zero-order chi connectivity index (χ0) is 7.56. The molecule has 2 unspecified atom stereocenters. The first-order chi connectivity index (χ1) is 4.72. The zero-order valence-corrected chi connectivity index (χ0v) is 8.46. The number of hydrogen-bond acceptors (Lipinski definition) is 0. The maximum atomic E-state index is 2.77. The minimum atomic E-state index is 0.839. The van der Waals surface area contributed by atoms with Crippen molar-refractivity contribution in [2.24, 2.45) is 0 Å². The van der Waals surface area contributed by atoms with Gasteiger partial charge < -0.3 is 0 Å². The molecular formula is C8H12P2. The molecule has 0 saturated heterocycles. The molecule has 10 heavy (non-hydrogen) atoms. The third-order valence-corrected chi connectivity index (χ3v) is 3.01. The molecule has 0 aliphatic rings. The second kappa shape index (κ2) is 3.46. The van der Waals surface area contributed by atoms with E-state index in [1.54, 1.807) is 0 Å². The maximum absolute atomic E-state index is 2.77. The average molecular weight is 170 g/mol. The van der Waals surface area contributed by atoms with Gasteiger partial charge in [-0.1, -0.05) is 37.6 Å². The number of aryl methyl sites for hydroxylation is 2. The topological polar surface area (TPSA) is 0 Å². The Morgan fingerprint density at radius 1 is 1.10 bits per heavy atom. The van der Waals surface area contributed by atoms with Gasteiger partial charge in [-0.2, -0.15) is 0 Å². The molecule has 0 saturated carbocycles. The molecule has 0 spiro atoms. The van der Waals surface area contributed by atoms with Crippen LogP contribution in [0.1, 0.15) is 11.1 Å². The molecule has 0 N–H and O–H groups in total. The van der Waals surface area contributed by atoms with Gasteiger partial charge in [-0.15, -0.1) is 8.93 Å². The normalized spacial score (nSPS) is 11.1. The van der Waals surface area contributed by atoms with E-state index in [0.717, 1.165) is 8.27 Å². The highest BCUT2D eigenvalue weighted by molar-refractivity contribution is 8.06. The van der Waals surface area contributed by atoms with Crippen molar-refractivity contribution in [3.05, 3.63) is 29.3 Å². The van der Waals surface area contributed by atoms with Gasteiger partial charge in [0.25, 0.3) is 0 Å². The van der Waals surface area contributed by atoms with Crippen LogP contribution in [0.5, 0.6) is 0 Å². The fourth-order valence-corrected chi connectivity index (χ4v) is 2.18. The minimum Gasteiger partial charge on any atom is -0.110 e. The van der Waals surface area contributed by atoms with E-state index in [4.69, 9.17) is 0 Å². The van der Waals surface area contributed by atoms with E-state index in [1.165, 1.54) is 16.4 Å². The van der Waals surface area contributed by atoms with Gasteiger partial charge in [0.05, 0.1) is 0 Å². The van der Waals surface area contributed by atoms with Crippen molar-refractivity contribution in [3.8, 4) is 0 Å². The molecular weight excluding hydrogens is 158 g/mol. The van der Waals surface area contributed by atoms with Crippen molar-refractivity contribution in [2.45, 2.75) is 13.8 Å². The monoisotopic (exact) mass is 170 g/mol. The third kappa shape index (κ3) is 2.04. The van der Waals surface area contributed by atoms with Crippen molar-refractivity contribution in [1.82, 2.24) is 0 Å². The van der Waals surface area contributed by atoms with Crippen LogP contribution in [0.25, 0.3) is 0 Å². The van der Waals surface area contributed by atoms with Crippen molar-refractivity contribution in [2.75, 3.05) is 0 Å². The van der Waals surface area contributed by atoms with Crippen molar-refractivity contribution in [1.29, 1.82) is 0 Å². The van der Waals surface area contributed by atoms with Crippen molar-refractivity contribution in [3.63, 3.8) is 0 Å². The van der Waals surface area contributed by atoms with Crippen LogP contribution in [0.4, 0.5) is 0 Å². The molecule has 0 nitrogen and oxygen atoms in total. The lowest BCUT2D eigenvalue weighted by Gasteiger charge is -2.00. The molecule has 1 aromatic carbocycles. The lowest BCUT2D eigenvalue weighted by molar-refractivity contribution is 1.41. The van der Waals surface area contributed by atoms with Gasteiger partial charge in [0.15, 0.2) is 0 Å². The summed E-state index contributed by atoms with van der Waals surface area (Å²) >= 11 is 0. The van der Waals surface area contributed by atoms with Crippen LogP contribution in [-0.2, 0) is 0 Å². The summed E-state index contributed by atoms with van der Waals surface area (Å²) in [5.41, 5.74) is 2.73. The summed E-state index contributed by atoms with van der Waals surface area (Å²) in [5, 5.41) is 1.43. The first-order valence-electron chi connectivity index (χ1n) is 3.27. The number of rotatable bonds is 1. The molecule has 1 aromatic rings. The van der Waals surface area contributed by atoms with E-state index in [9.17, 15) is 0 Å². The fourth-order valence-electron chi connectivity index (χ4n) is 1.06. The second-order valence-corrected chi connectivity index (χ2v) is 4.25. The van der Waals surface area contributed by atoms with Gasteiger partial charge >= 0.3 is 0 Å². The molecule has 0 aromatic heterocycles. The Kier molecular flexibility index (Phi) is 2.83. The van der Waals surface area contributed by atoms with Crippen LogP contribution < -0.4 is 5.30 Å². The van der Waals surface area contributed by atoms with E-state index in [-0.39, 0.29) is 0 Å².